The number of hydrogen-bond acceptors (Lipinski definition) is 7. The molecule has 8 heteroatoms. The molecule has 0 atom stereocenters. The van der Waals surface area contributed by atoms with Crippen molar-refractivity contribution in [3.05, 3.63) is 52.9 Å². The second-order valence-corrected chi connectivity index (χ2v) is 11.4. The van der Waals surface area contributed by atoms with Crippen molar-refractivity contribution in [2.75, 3.05) is 6.61 Å². The van der Waals surface area contributed by atoms with E-state index >= 15 is 0 Å². The van der Waals surface area contributed by atoms with Crippen LogP contribution >= 0.6 is 11.3 Å². The van der Waals surface area contributed by atoms with Crippen LogP contribution < -0.4 is 0 Å². The highest BCUT2D eigenvalue weighted by molar-refractivity contribution is 7.09. The van der Waals surface area contributed by atoms with E-state index in [0.717, 1.165) is 84.4 Å². The van der Waals surface area contributed by atoms with Crippen molar-refractivity contribution >= 4 is 35.0 Å². The van der Waals surface area contributed by atoms with Gasteiger partial charge in [0.25, 0.3) is 6.47 Å². The summed E-state index contributed by atoms with van der Waals surface area (Å²) in [5, 5.41) is 4.47. The predicted octanol–water partition coefficient (Wildman–Crippen LogP) is 6.68. The van der Waals surface area contributed by atoms with Crippen LogP contribution in [-0.2, 0) is 33.7 Å². The third-order valence-electron chi connectivity index (χ3n) is 6.83. The molecular weight excluding hydrogens is 496 g/mol. The number of thiazole rings is 1. The number of aromatic nitrogens is 4. The fraction of sp³-hybridized carbons (Fsp3) is 0.433. The Bertz CT molecular complexity index is 1360. The van der Waals surface area contributed by atoms with Crippen molar-refractivity contribution in [3.8, 4) is 22.5 Å². The minimum atomic E-state index is -0.256. The number of rotatable bonds is 15. The van der Waals surface area contributed by atoms with E-state index in [0.29, 0.717) is 19.5 Å². The first-order valence-corrected chi connectivity index (χ1v) is 14.2. The summed E-state index contributed by atoms with van der Waals surface area (Å²) in [6.07, 6.45) is 12.9. The number of carbonyl (C=O) groups excluding carboxylic acids is 2. The molecule has 0 N–H and O–H groups in total. The van der Waals surface area contributed by atoms with Gasteiger partial charge in [-0.25, -0.2) is 15.0 Å². The van der Waals surface area contributed by atoms with Crippen molar-refractivity contribution in [2.24, 2.45) is 5.41 Å². The van der Waals surface area contributed by atoms with Crippen molar-refractivity contribution in [2.45, 2.75) is 72.3 Å². The number of unbranched alkanes of at least 4 members (excludes halogenated alkanes) is 4. The molecule has 0 bridgehead atoms. The lowest BCUT2D eigenvalue weighted by molar-refractivity contribution is -0.131. The topological polar surface area (TPSA) is 87.0 Å². The van der Waals surface area contributed by atoms with Crippen molar-refractivity contribution < 1.29 is 14.3 Å². The van der Waals surface area contributed by atoms with E-state index in [1.54, 1.807) is 17.7 Å². The van der Waals surface area contributed by atoms with Gasteiger partial charge in [0, 0.05) is 58.2 Å². The zero-order valence-corrected chi connectivity index (χ0v) is 23.3. The molecule has 0 spiro atoms. The molecule has 0 amide bonds. The normalized spacial score (nSPS) is 11.7. The Kier molecular flexibility index (Phi) is 9.39. The summed E-state index contributed by atoms with van der Waals surface area (Å²) in [4.78, 5) is 34.9. The molecular formula is C30H36N4O3S. The van der Waals surface area contributed by atoms with Gasteiger partial charge in [0.2, 0.25) is 0 Å². The van der Waals surface area contributed by atoms with Gasteiger partial charge in [0.1, 0.15) is 12.6 Å². The summed E-state index contributed by atoms with van der Waals surface area (Å²) in [7, 11) is 0. The summed E-state index contributed by atoms with van der Waals surface area (Å²) in [6.45, 7) is 8.05. The maximum absolute atomic E-state index is 10.9. The summed E-state index contributed by atoms with van der Waals surface area (Å²) in [6, 6.07) is 6.59. The van der Waals surface area contributed by atoms with Gasteiger partial charge in [0.15, 0.2) is 0 Å². The third-order valence-corrected chi connectivity index (χ3v) is 7.73. The number of carbonyl (C=O) groups is 2. The van der Waals surface area contributed by atoms with Crippen LogP contribution in [0.3, 0.4) is 0 Å². The largest absolute Gasteiger partial charge is 0.467 e. The number of ether oxygens (including phenoxy) is 1. The number of benzene rings is 1. The fourth-order valence-corrected chi connectivity index (χ4v) is 5.90. The molecule has 0 saturated heterocycles. The number of aryl methyl sites for hydroxylation is 2. The Morgan fingerprint density at radius 3 is 2.58 bits per heavy atom. The van der Waals surface area contributed by atoms with Crippen LogP contribution in [0, 0.1) is 5.41 Å². The van der Waals surface area contributed by atoms with Gasteiger partial charge in [0.05, 0.1) is 23.0 Å². The van der Waals surface area contributed by atoms with Gasteiger partial charge in [-0.05, 0) is 50.3 Å². The molecule has 3 heterocycles. The zero-order chi connectivity index (χ0) is 27.0. The Hall–Kier alpha value is -3.39. The van der Waals surface area contributed by atoms with E-state index < -0.39 is 0 Å². The van der Waals surface area contributed by atoms with E-state index in [9.17, 15) is 9.59 Å². The van der Waals surface area contributed by atoms with Crippen LogP contribution in [0.4, 0.5) is 0 Å². The van der Waals surface area contributed by atoms with Crippen LogP contribution in [0.25, 0.3) is 33.4 Å². The molecule has 0 aliphatic rings. The van der Waals surface area contributed by atoms with Gasteiger partial charge in [-0.15, -0.1) is 11.3 Å². The Labute approximate surface area is 228 Å². The summed E-state index contributed by atoms with van der Waals surface area (Å²) < 4.78 is 7.50. The zero-order valence-electron chi connectivity index (χ0n) is 22.5. The van der Waals surface area contributed by atoms with Gasteiger partial charge in [-0.3, -0.25) is 4.79 Å². The molecule has 4 rings (SSSR count). The van der Waals surface area contributed by atoms with Crippen LogP contribution in [0.2, 0.25) is 0 Å². The molecule has 0 unspecified atom stereocenters. The summed E-state index contributed by atoms with van der Waals surface area (Å²) in [5.74, 6) is 0. The lowest BCUT2D eigenvalue weighted by Gasteiger charge is -2.24. The summed E-state index contributed by atoms with van der Waals surface area (Å²) >= 11 is 1.71. The van der Waals surface area contributed by atoms with Crippen LogP contribution in [0.1, 0.15) is 63.4 Å². The SMILES string of the molecule is CCn1c(-c2cncnc2)c(CC(C)(C)COC=O)c2cc(-c3csc(CCCCCCC=O)n3)ccc21. The molecule has 7 nitrogen and oxygen atoms in total. The molecule has 0 aliphatic heterocycles. The lowest BCUT2D eigenvalue weighted by atomic mass is 9.84. The average Bonchev–Trinajstić information content (AvgIpc) is 3.52. The second-order valence-electron chi connectivity index (χ2n) is 10.4. The predicted molar refractivity (Wildman–Crippen MR) is 152 cm³/mol. The molecule has 1 aromatic carbocycles. The highest BCUT2D eigenvalue weighted by atomic mass is 32.1. The molecule has 200 valence electrons. The lowest BCUT2D eigenvalue weighted by Crippen LogP contribution is -2.22. The minimum Gasteiger partial charge on any atom is -0.467 e. The van der Waals surface area contributed by atoms with E-state index in [4.69, 9.17) is 9.72 Å². The van der Waals surface area contributed by atoms with Crippen molar-refractivity contribution in [1.82, 2.24) is 19.5 Å². The first-order valence-electron chi connectivity index (χ1n) is 13.3. The smallest absolute Gasteiger partial charge is 0.293 e. The quantitative estimate of drug-likeness (QED) is 0.125. The number of aldehydes is 1. The maximum atomic E-state index is 10.9. The highest BCUT2D eigenvalue weighted by Crippen LogP contribution is 2.39. The van der Waals surface area contributed by atoms with Crippen LogP contribution in [0.15, 0.2) is 42.3 Å². The number of fused-ring (bicyclic) bond motifs is 1. The molecule has 38 heavy (non-hydrogen) atoms. The van der Waals surface area contributed by atoms with Gasteiger partial charge < -0.3 is 14.1 Å². The molecule has 4 aromatic rings. The summed E-state index contributed by atoms with van der Waals surface area (Å²) in [5.41, 5.74) is 6.26. The molecule has 0 saturated carbocycles. The first-order chi connectivity index (χ1) is 18.5. The Balaban J connectivity index is 1.69. The van der Waals surface area contributed by atoms with Gasteiger partial charge >= 0.3 is 0 Å². The van der Waals surface area contributed by atoms with E-state index in [2.05, 4.69) is 58.9 Å². The first kappa shape index (κ1) is 27.6. The minimum absolute atomic E-state index is 0.256. The maximum Gasteiger partial charge on any atom is 0.293 e. The standard InChI is InChI=1S/C30H36N4O3S/c1-4-34-27-12-11-22(26-18-38-28(33-26)10-8-6-5-7-9-13-35)14-24(27)25(15-30(2,3)19-37-21-36)29(34)23-16-31-20-32-17-23/h11-14,16-18,20-21H,4-10,15,19H2,1-3H3. The molecule has 3 aromatic heterocycles. The van der Waals surface area contributed by atoms with Gasteiger partial charge in [-0.1, -0.05) is 32.8 Å². The van der Waals surface area contributed by atoms with Crippen molar-refractivity contribution in [1.29, 1.82) is 0 Å². The molecule has 0 aliphatic carbocycles. The highest BCUT2D eigenvalue weighted by Gasteiger charge is 2.27. The third kappa shape index (κ3) is 6.54. The fourth-order valence-electron chi connectivity index (χ4n) is 5.05. The van der Waals surface area contributed by atoms with Crippen LogP contribution in [0.5, 0.6) is 0 Å². The van der Waals surface area contributed by atoms with Crippen molar-refractivity contribution in [3.63, 3.8) is 0 Å². The van der Waals surface area contributed by atoms with Gasteiger partial charge in [-0.2, -0.15) is 0 Å². The average molecular weight is 533 g/mol. The van der Waals surface area contributed by atoms with E-state index in [1.807, 2.05) is 12.4 Å². The van der Waals surface area contributed by atoms with E-state index in [1.165, 1.54) is 10.9 Å². The number of hydrogen-bond donors (Lipinski definition) is 0. The Morgan fingerprint density at radius 1 is 1.05 bits per heavy atom. The van der Waals surface area contributed by atoms with E-state index in [-0.39, 0.29) is 5.41 Å². The molecule has 0 fully saturated rings. The molecule has 0 radical (unpaired) electrons. The number of nitrogens with zero attached hydrogens (tertiary/aromatic N) is 4. The Morgan fingerprint density at radius 2 is 1.84 bits per heavy atom. The monoisotopic (exact) mass is 532 g/mol. The van der Waals surface area contributed by atoms with Crippen LogP contribution in [-0.4, -0.2) is 38.9 Å². The second kappa shape index (κ2) is 12.9.